The van der Waals surface area contributed by atoms with Crippen LogP contribution in [0.3, 0.4) is 0 Å². The molecule has 1 heterocycles. The highest BCUT2D eigenvalue weighted by Gasteiger charge is 2.19. The molecule has 1 unspecified atom stereocenters. The van der Waals surface area contributed by atoms with Crippen molar-refractivity contribution in [3.05, 3.63) is 0 Å². The molecule has 4 nitrogen and oxygen atoms in total. The lowest BCUT2D eigenvalue weighted by Gasteiger charge is -2.23. The van der Waals surface area contributed by atoms with Crippen LogP contribution in [0.2, 0.25) is 0 Å². The Kier molecular flexibility index (Phi) is 5.26. The first-order valence-electron chi connectivity index (χ1n) is 7.08. The van der Waals surface area contributed by atoms with E-state index in [1.54, 1.807) is 0 Å². The number of carbonyl (C=O) groups is 1. The Morgan fingerprint density at radius 1 is 1.24 bits per heavy atom. The van der Waals surface area contributed by atoms with Crippen molar-refractivity contribution >= 4 is 5.91 Å². The van der Waals surface area contributed by atoms with E-state index < -0.39 is 0 Å². The summed E-state index contributed by atoms with van der Waals surface area (Å²) in [7, 11) is 0. The summed E-state index contributed by atoms with van der Waals surface area (Å²) in [6.45, 7) is 3.45. The van der Waals surface area contributed by atoms with Gasteiger partial charge in [0.1, 0.15) is 0 Å². The molecule has 3 N–H and O–H groups in total. The van der Waals surface area contributed by atoms with Gasteiger partial charge in [0.05, 0.1) is 6.04 Å². The summed E-state index contributed by atoms with van der Waals surface area (Å²) in [6.07, 6.45) is 8.06. The molecule has 2 rings (SSSR count). The van der Waals surface area contributed by atoms with Crippen LogP contribution in [-0.2, 0) is 4.79 Å². The molecule has 1 saturated heterocycles. The highest BCUT2D eigenvalue weighted by Crippen LogP contribution is 2.28. The lowest BCUT2D eigenvalue weighted by atomic mass is 10.0. The number of hydrogen-bond acceptors (Lipinski definition) is 3. The number of amides is 1. The third-order valence-electron chi connectivity index (χ3n) is 3.92. The van der Waals surface area contributed by atoms with E-state index in [1.165, 1.54) is 32.1 Å². The van der Waals surface area contributed by atoms with Crippen molar-refractivity contribution in [3.8, 4) is 0 Å². The molecule has 1 saturated carbocycles. The van der Waals surface area contributed by atoms with Crippen molar-refractivity contribution in [2.45, 2.75) is 44.6 Å². The van der Waals surface area contributed by atoms with Crippen molar-refractivity contribution in [2.75, 3.05) is 26.2 Å². The zero-order chi connectivity index (χ0) is 11.9. The molecule has 1 amide bonds. The Balaban J connectivity index is 1.53. The second-order valence-electron chi connectivity index (χ2n) is 5.29. The zero-order valence-electron chi connectivity index (χ0n) is 10.6. The lowest BCUT2D eigenvalue weighted by Crippen LogP contribution is -2.55. The molecule has 0 aromatic rings. The molecule has 0 aromatic heterocycles. The van der Waals surface area contributed by atoms with Gasteiger partial charge in [-0.05, 0) is 18.8 Å². The van der Waals surface area contributed by atoms with Gasteiger partial charge in [0, 0.05) is 26.2 Å². The van der Waals surface area contributed by atoms with Crippen molar-refractivity contribution in [1.82, 2.24) is 16.0 Å². The summed E-state index contributed by atoms with van der Waals surface area (Å²) in [5, 5.41) is 9.49. The third kappa shape index (κ3) is 4.28. The highest BCUT2D eigenvalue weighted by molar-refractivity contribution is 5.82. The quantitative estimate of drug-likeness (QED) is 0.617. The minimum atomic E-state index is -0.0322. The molecule has 2 aliphatic rings. The van der Waals surface area contributed by atoms with Crippen LogP contribution < -0.4 is 16.0 Å². The van der Waals surface area contributed by atoms with Gasteiger partial charge in [-0.1, -0.05) is 25.7 Å². The number of piperazine rings is 1. The summed E-state index contributed by atoms with van der Waals surface area (Å²) < 4.78 is 0. The predicted molar refractivity (Wildman–Crippen MR) is 68.9 cm³/mol. The Labute approximate surface area is 104 Å². The van der Waals surface area contributed by atoms with Gasteiger partial charge >= 0.3 is 0 Å². The molecule has 0 aromatic carbocycles. The second kappa shape index (κ2) is 6.97. The van der Waals surface area contributed by atoms with E-state index in [-0.39, 0.29) is 11.9 Å². The monoisotopic (exact) mass is 239 g/mol. The molecule has 1 atom stereocenters. The Hall–Kier alpha value is -0.610. The fourth-order valence-electron chi connectivity index (χ4n) is 2.86. The summed E-state index contributed by atoms with van der Waals surface area (Å²) in [5.41, 5.74) is 0. The van der Waals surface area contributed by atoms with Gasteiger partial charge in [0.15, 0.2) is 0 Å². The summed E-state index contributed by atoms with van der Waals surface area (Å²) in [4.78, 5) is 11.8. The van der Waals surface area contributed by atoms with Gasteiger partial charge in [-0.25, -0.2) is 0 Å². The topological polar surface area (TPSA) is 53.2 Å². The maximum absolute atomic E-state index is 11.8. The molecule has 17 heavy (non-hydrogen) atoms. The number of hydrogen-bond donors (Lipinski definition) is 3. The molecular weight excluding hydrogens is 214 g/mol. The number of carbonyl (C=O) groups excluding carboxylic acids is 1. The fraction of sp³-hybridized carbons (Fsp3) is 0.923. The van der Waals surface area contributed by atoms with Crippen LogP contribution in [-0.4, -0.2) is 38.1 Å². The van der Waals surface area contributed by atoms with Crippen molar-refractivity contribution in [2.24, 2.45) is 5.92 Å². The highest BCUT2D eigenvalue weighted by atomic mass is 16.2. The predicted octanol–water partition coefficient (Wildman–Crippen LogP) is 0.634. The zero-order valence-corrected chi connectivity index (χ0v) is 10.6. The first-order valence-corrected chi connectivity index (χ1v) is 7.08. The largest absolute Gasteiger partial charge is 0.355 e. The van der Waals surface area contributed by atoms with E-state index in [0.29, 0.717) is 0 Å². The molecule has 1 aliphatic heterocycles. The van der Waals surface area contributed by atoms with Crippen LogP contribution >= 0.6 is 0 Å². The van der Waals surface area contributed by atoms with Crippen LogP contribution in [0.15, 0.2) is 0 Å². The second-order valence-corrected chi connectivity index (χ2v) is 5.29. The average Bonchev–Trinajstić information content (AvgIpc) is 2.88. The van der Waals surface area contributed by atoms with Crippen LogP contribution in [0.4, 0.5) is 0 Å². The minimum absolute atomic E-state index is 0.0322. The van der Waals surface area contributed by atoms with Gasteiger partial charge < -0.3 is 16.0 Å². The van der Waals surface area contributed by atoms with Crippen LogP contribution in [0, 0.1) is 5.92 Å². The molecule has 0 bridgehead atoms. The van der Waals surface area contributed by atoms with Crippen molar-refractivity contribution in [1.29, 1.82) is 0 Å². The average molecular weight is 239 g/mol. The van der Waals surface area contributed by atoms with E-state index in [4.69, 9.17) is 0 Å². The van der Waals surface area contributed by atoms with Crippen LogP contribution in [0.1, 0.15) is 38.5 Å². The molecule has 1 aliphatic carbocycles. The Bertz CT molecular complexity index is 233. The summed E-state index contributed by atoms with van der Waals surface area (Å²) in [5.74, 6) is 1.09. The van der Waals surface area contributed by atoms with Crippen LogP contribution in [0.25, 0.3) is 0 Å². The van der Waals surface area contributed by atoms with Crippen molar-refractivity contribution < 1.29 is 4.79 Å². The lowest BCUT2D eigenvalue weighted by molar-refractivity contribution is -0.123. The fourth-order valence-corrected chi connectivity index (χ4v) is 2.86. The third-order valence-corrected chi connectivity index (χ3v) is 3.92. The molecule has 2 fully saturated rings. The van der Waals surface area contributed by atoms with E-state index >= 15 is 0 Å². The molecule has 0 spiro atoms. The van der Waals surface area contributed by atoms with Gasteiger partial charge in [-0.15, -0.1) is 0 Å². The first kappa shape index (κ1) is 12.8. The van der Waals surface area contributed by atoms with Gasteiger partial charge in [-0.2, -0.15) is 0 Å². The van der Waals surface area contributed by atoms with Gasteiger partial charge in [0.25, 0.3) is 0 Å². The standard InChI is InChI=1S/C13H25N3O/c17-13(12-10-14-8-9-15-12)16-7-3-6-11-4-1-2-5-11/h11-12,14-15H,1-10H2,(H,16,17). The van der Waals surface area contributed by atoms with Crippen LogP contribution in [0.5, 0.6) is 0 Å². The van der Waals surface area contributed by atoms with E-state index in [1.807, 2.05) is 0 Å². The van der Waals surface area contributed by atoms with Crippen molar-refractivity contribution in [3.63, 3.8) is 0 Å². The smallest absolute Gasteiger partial charge is 0.238 e. The van der Waals surface area contributed by atoms with E-state index in [9.17, 15) is 4.79 Å². The number of rotatable bonds is 5. The van der Waals surface area contributed by atoms with E-state index in [0.717, 1.165) is 38.5 Å². The molecule has 0 radical (unpaired) electrons. The first-order chi connectivity index (χ1) is 8.36. The van der Waals surface area contributed by atoms with E-state index in [2.05, 4.69) is 16.0 Å². The SMILES string of the molecule is O=C(NCCCC1CCCC1)C1CNCCN1. The Morgan fingerprint density at radius 3 is 2.76 bits per heavy atom. The summed E-state index contributed by atoms with van der Waals surface area (Å²) >= 11 is 0. The number of nitrogens with one attached hydrogen (secondary N) is 3. The molecule has 4 heteroatoms. The maximum Gasteiger partial charge on any atom is 0.238 e. The minimum Gasteiger partial charge on any atom is -0.355 e. The molecule has 98 valence electrons. The maximum atomic E-state index is 11.8. The summed E-state index contributed by atoms with van der Waals surface area (Å²) in [6, 6.07) is -0.0322. The normalized spacial score (nSPS) is 26.0. The molecular formula is C13H25N3O. The van der Waals surface area contributed by atoms with Gasteiger partial charge in [-0.3, -0.25) is 4.79 Å². The Morgan fingerprint density at radius 2 is 2.06 bits per heavy atom. The van der Waals surface area contributed by atoms with Gasteiger partial charge in [0.2, 0.25) is 5.91 Å².